The molecule has 6 nitrogen and oxygen atoms in total. The van der Waals surface area contributed by atoms with Gasteiger partial charge in [-0.05, 0) is 37.5 Å². The molecule has 3 aromatic rings. The number of nitrogens with one attached hydrogen (secondary N) is 1. The topological polar surface area (TPSA) is 75.2 Å². The first-order chi connectivity index (χ1) is 17.2. The normalized spacial score (nSPS) is 15.0. The molecule has 1 atom stereocenters. The number of carbonyl (C=O) groups is 2. The molecule has 1 N–H and O–H groups in total. The van der Waals surface area contributed by atoms with E-state index in [0.717, 1.165) is 54.7 Å². The van der Waals surface area contributed by atoms with Crippen molar-refractivity contribution in [2.45, 2.75) is 51.2 Å². The summed E-state index contributed by atoms with van der Waals surface area (Å²) in [6.45, 7) is 2.24. The summed E-state index contributed by atoms with van der Waals surface area (Å²) in [5, 5.41) is 11.3. The van der Waals surface area contributed by atoms with Gasteiger partial charge in [0.1, 0.15) is 5.01 Å². The van der Waals surface area contributed by atoms with Crippen LogP contribution in [0, 0.1) is 5.92 Å². The second-order valence-corrected chi connectivity index (χ2v) is 9.86. The van der Waals surface area contributed by atoms with Gasteiger partial charge in [0.25, 0.3) is 0 Å². The summed E-state index contributed by atoms with van der Waals surface area (Å²) < 4.78 is 38.4. The molecule has 1 saturated carbocycles. The number of alkyl halides is 3. The van der Waals surface area contributed by atoms with Crippen molar-refractivity contribution in [1.29, 1.82) is 0 Å². The third-order valence-electron chi connectivity index (χ3n) is 6.45. The van der Waals surface area contributed by atoms with Crippen LogP contribution in [0.4, 0.5) is 18.3 Å². The van der Waals surface area contributed by atoms with Crippen LogP contribution < -0.4 is 5.32 Å². The molecular weight excluding hydrogens is 489 g/mol. The number of aromatic nitrogens is 2. The molecule has 190 valence electrons. The zero-order valence-corrected chi connectivity index (χ0v) is 20.6. The van der Waals surface area contributed by atoms with Crippen molar-refractivity contribution < 1.29 is 22.8 Å². The van der Waals surface area contributed by atoms with Crippen molar-refractivity contribution in [3.8, 4) is 10.6 Å². The lowest BCUT2D eigenvalue weighted by Crippen LogP contribution is -2.39. The van der Waals surface area contributed by atoms with E-state index in [4.69, 9.17) is 0 Å². The molecule has 0 radical (unpaired) electrons. The molecule has 2 amide bonds. The van der Waals surface area contributed by atoms with E-state index in [1.807, 2.05) is 37.3 Å². The highest BCUT2D eigenvalue weighted by molar-refractivity contribution is 7.18. The van der Waals surface area contributed by atoms with Crippen LogP contribution in [0.2, 0.25) is 0 Å². The van der Waals surface area contributed by atoms with Gasteiger partial charge in [-0.2, -0.15) is 13.2 Å². The Balaban J connectivity index is 1.39. The number of benzene rings is 2. The first-order valence-electron chi connectivity index (χ1n) is 11.9. The Morgan fingerprint density at radius 3 is 2.36 bits per heavy atom. The van der Waals surface area contributed by atoms with Gasteiger partial charge in [0, 0.05) is 24.4 Å². The van der Waals surface area contributed by atoms with Crippen molar-refractivity contribution in [2.75, 3.05) is 11.9 Å². The smallest absolute Gasteiger partial charge is 0.335 e. The minimum Gasteiger partial charge on any atom is -0.335 e. The lowest BCUT2D eigenvalue weighted by Gasteiger charge is -2.32. The van der Waals surface area contributed by atoms with E-state index in [1.54, 1.807) is 4.90 Å². The highest BCUT2D eigenvalue weighted by atomic mass is 32.1. The van der Waals surface area contributed by atoms with Crippen LogP contribution in [0.25, 0.3) is 10.6 Å². The standard InChI is InChI=1S/C26H27F3N4O2S/c1-17(18-7-3-2-4-8-18)33(24(35)20-9-5-6-10-20)16-15-22(34)30-25-32-31-23(36-25)19-11-13-21(14-12-19)26(27,28)29/h2-4,7-8,11-14,17,20H,5-6,9-10,15-16H2,1H3,(H,30,32,34)/t17-/m0/s1. The predicted octanol–water partition coefficient (Wildman–Crippen LogP) is 6.33. The largest absolute Gasteiger partial charge is 0.416 e. The number of nitrogens with zero attached hydrogens (tertiary/aromatic N) is 3. The zero-order chi connectivity index (χ0) is 25.7. The lowest BCUT2D eigenvalue weighted by atomic mass is 10.0. The lowest BCUT2D eigenvalue weighted by molar-refractivity contribution is -0.138. The summed E-state index contributed by atoms with van der Waals surface area (Å²) in [7, 11) is 0. The first kappa shape index (κ1) is 25.8. The molecule has 1 aromatic heterocycles. The molecule has 4 rings (SSSR count). The molecule has 36 heavy (non-hydrogen) atoms. The Morgan fingerprint density at radius 2 is 1.72 bits per heavy atom. The van der Waals surface area contributed by atoms with Crippen LogP contribution in [0.15, 0.2) is 54.6 Å². The maximum absolute atomic E-state index is 13.3. The summed E-state index contributed by atoms with van der Waals surface area (Å²) in [6.07, 6.45) is -0.485. The van der Waals surface area contributed by atoms with Gasteiger partial charge in [0.05, 0.1) is 11.6 Å². The number of hydrogen-bond donors (Lipinski definition) is 1. The number of carbonyl (C=O) groups excluding carboxylic acids is 2. The fraction of sp³-hybridized carbons (Fsp3) is 0.385. The Bertz CT molecular complexity index is 1180. The van der Waals surface area contributed by atoms with Crippen LogP contribution in [-0.4, -0.2) is 33.5 Å². The van der Waals surface area contributed by atoms with Crippen LogP contribution in [0.1, 0.15) is 56.2 Å². The fourth-order valence-electron chi connectivity index (χ4n) is 4.41. The van der Waals surface area contributed by atoms with Crippen molar-refractivity contribution >= 4 is 28.3 Å². The van der Waals surface area contributed by atoms with E-state index in [9.17, 15) is 22.8 Å². The summed E-state index contributed by atoms with van der Waals surface area (Å²) in [5.74, 6) is -0.236. The molecule has 0 unspecified atom stereocenters. The number of amides is 2. The summed E-state index contributed by atoms with van der Waals surface area (Å²) in [5.41, 5.74) is 0.742. The van der Waals surface area contributed by atoms with Crippen molar-refractivity contribution in [3.63, 3.8) is 0 Å². The van der Waals surface area contributed by atoms with E-state index in [0.29, 0.717) is 10.6 Å². The van der Waals surface area contributed by atoms with E-state index in [-0.39, 0.29) is 41.9 Å². The third-order valence-corrected chi connectivity index (χ3v) is 7.34. The second-order valence-electron chi connectivity index (χ2n) is 8.89. The van der Waals surface area contributed by atoms with Crippen LogP contribution in [-0.2, 0) is 15.8 Å². The van der Waals surface area contributed by atoms with Gasteiger partial charge >= 0.3 is 6.18 Å². The van der Waals surface area contributed by atoms with Crippen molar-refractivity contribution in [1.82, 2.24) is 15.1 Å². The maximum atomic E-state index is 13.3. The molecule has 2 aromatic carbocycles. The Morgan fingerprint density at radius 1 is 1.06 bits per heavy atom. The Kier molecular flexibility index (Phi) is 8.03. The van der Waals surface area contributed by atoms with Crippen LogP contribution in [0.5, 0.6) is 0 Å². The number of halogens is 3. The van der Waals surface area contributed by atoms with E-state index >= 15 is 0 Å². The molecule has 0 bridgehead atoms. The van der Waals surface area contributed by atoms with Crippen LogP contribution in [0.3, 0.4) is 0 Å². The van der Waals surface area contributed by atoms with Gasteiger partial charge in [-0.25, -0.2) is 0 Å². The second kappa shape index (κ2) is 11.2. The maximum Gasteiger partial charge on any atom is 0.416 e. The summed E-state index contributed by atoms with van der Waals surface area (Å²) >= 11 is 1.08. The number of hydrogen-bond acceptors (Lipinski definition) is 5. The molecule has 0 aliphatic heterocycles. The average molecular weight is 517 g/mol. The van der Waals surface area contributed by atoms with Gasteiger partial charge in [0.15, 0.2) is 0 Å². The monoisotopic (exact) mass is 516 g/mol. The molecule has 0 saturated heterocycles. The van der Waals surface area contributed by atoms with E-state index < -0.39 is 11.7 Å². The summed E-state index contributed by atoms with van der Waals surface area (Å²) in [4.78, 5) is 27.8. The Labute approximate surface area is 211 Å². The molecule has 1 aliphatic carbocycles. The highest BCUT2D eigenvalue weighted by Crippen LogP contribution is 2.33. The fourth-order valence-corrected chi connectivity index (χ4v) is 5.17. The third kappa shape index (κ3) is 6.29. The van der Waals surface area contributed by atoms with Gasteiger partial charge in [-0.15, -0.1) is 10.2 Å². The number of anilines is 1. The van der Waals surface area contributed by atoms with Crippen molar-refractivity contribution in [3.05, 3.63) is 65.7 Å². The van der Waals surface area contributed by atoms with E-state index in [1.165, 1.54) is 12.1 Å². The number of rotatable bonds is 8. The van der Waals surface area contributed by atoms with Gasteiger partial charge in [-0.3, -0.25) is 9.59 Å². The SMILES string of the molecule is C[C@@H](c1ccccc1)N(CCC(=O)Nc1nnc(-c2ccc(C(F)(F)F)cc2)s1)C(=O)C1CCCC1. The van der Waals surface area contributed by atoms with Crippen molar-refractivity contribution in [2.24, 2.45) is 5.92 Å². The van der Waals surface area contributed by atoms with E-state index in [2.05, 4.69) is 15.5 Å². The minimum absolute atomic E-state index is 0.00585. The zero-order valence-electron chi connectivity index (χ0n) is 19.8. The summed E-state index contributed by atoms with van der Waals surface area (Å²) in [6, 6.07) is 14.2. The molecular formula is C26H27F3N4O2S. The van der Waals surface area contributed by atoms with Crippen LogP contribution >= 0.6 is 11.3 Å². The Hall–Kier alpha value is -3.27. The molecule has 1 aliphatic rings. The minimum atomic E-state index is -4.41. The molecule has 1 fully saturated rings. The van der Waals surface area contributed by atoms with Gasteiger partial charge in [-0.1, -0.05) is 66.6 Å². The quantitative estimate of drug-likeness (QED) is 0.380. The molecule has 10 heteroatoms. The van der Waals surface area contributed by atoms with Gasteiger partial charge < -0.3 is 10.2 Å². The van der Waals surface area contributed by atoms with Gasteiger partial charge in [0.2, 0.25) is 16.9 Å². The molecule has 1 heterocycles. The predicted molar refractivity (Wildman–Crippen MR) is 132 cm³/mol. The molecule has 0 spiro atoms. The first-order valence-corrected chi connectivity index (χ1v) is 12.7. The average Bonchev–Trinajstić information content (AvgIpc) is 3.57. The highest BCUT2D eigenvalue weighted by Gasteiger charge is 2.31.